The first-order chi connectivity index (χ1) is 13.8. The number of likely N-dealkylation sites (tertiary alicyclic amines) is 1. The predicted octanol–water partition coefficient (Wildman–Crippen LogP) is 3.88. The van der Waals surface area contributed by atoms with Gasteiger partial charge in [-0.1, -0.05) is 41.6 Å². The highest BCUT2D eigenvalue weighted by Crippen LogP contribution is 2.21. The Bertz CT molecular complexity index is 841. The lowest BCUT2D eigenvalue weighted by Crippen LogP contribution is -2.43. The molecule has 0 amide bonds. The molecule has 1 fully saturated rings. The van der Waals surface area contributed by atoms with Gasteiger partial charge in [0, 0.05) is 24.8 Å². The van der Waals surface area contributed by atoms with Crippen molar-refractivity contribution in [2.75, 3.05) is 26.7 Å². The molecule has 0 unspecified atom stereocenters. The number of benzene rings is 1. The molecule has 0 N–H and O–H groups in total. The number of hydrogen-bond acceptors (Lipinski definition) is 5. The number of nitrogens with zero attached hydrogens (tertiary/aromatic N) is 4. The van der Waals surface area contributed by atoms with Gasteiger partial charge in [0.25, 0.3) is 0 Å². The first-order valence-corrected chi connectivity index (χ1v) is 10.1. The molecule has 146 valence electrons. The molecular formula is C23H28N4O. The van der Waals surface area contributed by atoms with Crippen LogP contribution in [0.5, 0.6) is 0 Å². The minimum absolute atomic E-state index is 0.594. The fraction of sp³-hybridized carbons (Fsp3) is 0.391. The summed E-state index contributed by atoms with van der Waals surface area (Å²) in [5.41, 5.74) is 3.09. The van der Waals surface area contributed by atoms with Crippen molar-refractivity contribution < 1.29 is 4.52 Å². The molecule has 5 heteroatoms. The fourth-order valence-electron chi connectivity index (χ4n) is 3.91. The zero-order valence-electron chi connectivity index (χ0n) is 16.5. The van der Waals surface area contributed by atoms with Crippen molar-refractivity contribution in [3.05, 3.63) is 72.1 Å². The van der Waals surface area contributed by atoms with Gasteiger partial charge in [-0.3, -0.25) is 9.88 Å². The second kappa shape index (κ2) is 9.13. The Hall–Kier alpha value is -2.50. The van der Waals surface area contributed by atoms with Crippen LogP contribution in [0.4, 0.5) is 0 Å². The standard InChI is InChI=1S/C23H28N4O/c1-26(18-21-17-23(25-28-21)22-9-5-6-13-24-22)20-11-15-27(16-12-20)14-10-19-7-3-2-4-8-19/h2-9,13,17,20H,10-12,14-16,18H2,1H3. The average molecular weight is 377 g/mol. The number of pyridine rings is 1. The van der Waals surface area contributed by atoms with Crippen molar-refractivity contribution in [2.45, 2.75) is 31.8 Å². The second-order valence-electron chi connectivity index (χ2n) is 7.62. The highest BCUT2D eigenvalue weighted by atomic mass is 16.5. The van der Waals surface area contributed by atoms with Gasteiger partial charge in [-0.15, -0.1) is 0 Å². The zero-order chi connectivity index (χ0) is 19.2. The Morgan fingerprint density at radius 3 is 2.57 bits per heavy atom. The third-order valence-corrected chi connectivity index (χ3v) is 5.63. The Kier molecular flexibility index (Phi) is 6.14. The van der Waals surface area contributed by atoms with Crippen molar-refractivity contribution in [3.8, 4) is 11.4 Å². The van der Waals surface area contributed by atoms with Crippen LogP contribution in [0.1, 0.15) is 24.2 Å². The lowest BCUT2D eigenvalue weighted by Gasteiger charge is -2.36. The lowest BCUT2D eigenvalue weighted by atomic mass is 10.0. The van der Waals surface area contributed by atoms with Crippen LogP contribution in [-0.4, -0.2) is 52.7 Å². The van der Waals surface area contributed by atoms with Gasteiger partial charge in [-0.05, 0) is 57.1 Å². The molecule has 3 heterocycles. The van der Waals surface area contributed by atoms with Gasteiger partial charge in [0.15, 0.2) is 5.76 Å². The molecule has 2 aromatic heterocycles. The van der Waals surface area contributed by atoms with Crippen molar-refractivity contribution in [1.82, 2.24) is 19.9 Å². The van der Waals surface area contributed by atoms with E-state index in [-0.39, 0.29) is 0 Å². The van der Waals surface area contributed by atoms with Crippen LogP contribution in [0.25, 0.3) is 11.4 Å². The summed E-state index contributed by atoms with van der Waals surface area (Å²) >= 11 is 0. The summed E-state index contributed by atoms with van der Waals surface area (Å²) in [6.45, 7) is 4.26. The minimum Gasteiger partial charge on any atom is -0.359 e. The Morgan fingerprint density at radius 1 is 1.04 bits per heavy atom. The van der Waals surface area contributed by atoms with Crippen LogP contribution in [-0.2, 0) is 13.0 Å². The maximum Gasteiger partial charge on any atom is 0.151 e. The largest absolute Gasteiger partial charge is 0.359 e. The van der Waals surface area contributed by atoms with E-state index in [2.05, 4.69) is 57.3 Å². The third kappa shape index (κ3) is 4.86. The maximum atomic E-state index is 5.55. The van der Waals surface area contributed by atoms with Crippen molar-refractivity contribution >= 4 is 0 Å². The minimum atomic E-state index is 0.594. The molecule has 0 spiro atoms. The molecule has 0 atom stereocenters. The molecule has 1 aromatic carbocycles. The molecule has 0 saturated carbocycles. The second-order valence-corrected chi connectivity index (χ2v) is 7.62. The van der Waals surface area contributed by atoms with Gasteiger partial charge in [-0.2, -0.15) is 0 Å². The normalized spacial score (nSPS) is 15.9. The Labute approximate surface area is 167 Å². The van der Waals surface area contributed by atoms with Gasteiger partial charge in [-0.25, -0.2) is 0 Å². The van der Waals surface area contributed by atoms with Gasteiger partial charge in [0.2, 0.25) is 0 Å². The lowest BCUT2D eigenvalue weighted by molar-refractivity contribution is 0.117. The summed E-state index contributed by atoms with van der Waals surface area (Å²) in [5, 5.41) is 4.18. The molecule has 0 bridgehead atoms. The van der Waals surface area contributed by atoms with Crippen LogP contribution >= 0.6 is 0 Å². The Morgan fingerprint density at radius 2 is 1.82 bits per heavy atom. The van der Waals surface area contributed by atoms with E-state index >= 15 is 0 Å². The van der Waals surface area contributed by atoms with Crippen LogP contribution < -0.4 is 0 Å². The molecule has 1 saturated heterocycles. The number of aromatic nitrogens is 2. The summed E-state index contributed by atoms with van der Waals surface area (Å²) < 4.78 is 5.55. The van der Waals surface area contributed by atoms with E-state index in [0.29, 0.717) is 6.04 Å². The topological polar surface area (TPSA) is 45.4 Å². The van der Waals surface area contributed by atoms with E-state index in [9.17, 15) is 0 Å². The van der Waals surface area contributed by atoms with E-state index in [4.69, 9.17) is 4.52 Å². The average Bonchev–Trinajstić information content (AvgIpc) is 3.22. The summed E-state index contributed by atoms with van der Waals surface area (Å²) in [4.78, 5) is 9.33. The number of piperidine rings is 1. The maximum absolute atomic E-state index is 5.55. The van der Waals surface area contributed by atoms with Crippen LogP contribution in [0, 0.1) is 0 Å². The quantitative estimate of drug-likeness (QED) is 0.626. The van der Waals surface area contributed by atoms with Gasteiger partial charge >= 0.3 is 0 Å². The van der Waals surface area contributed by atoms with Gasteiger partial charge < -0.3 is 9.42 Å². The van der Waals surface area contributed by atoms with E-state index in [1.54, 1.807) is 6.20 Å². The van der Waals surface area contributed by atoms with Crippen LogP contribution in [0.2, 0.25) is 0 Å². The van der Waals surface area contributed by atoms with E-state index in [1.807, 2.05) is 24.3 Å². The molecule has 3 aromatic rings. The molecule has 0 radical (unpaired) electrons. The monoisotopic (exact) mass is 376 g/mol. The first-order valence-electron chi connectivity index (χ1n) is 10.1. The molecule has 4 rings (SSSR count). The predicted molar refractivity (Wildman–Crippen MR) is 111 cm³/mol. The van der Waals surface area contributed by atoms with Crippen molar-refractivity contribution in [3.63, 3.8) is 0 Å². The highest BCUT2D eigenvalue weighted by molar-refractivity contribution is 5.52. The summed E-state index contributed by atoms with van der Waals surface area (Å²) in [7, 11) is 2.19. The van der Waals surface area contributed by atoms with E-state index in [1.165, 1.54) is 18.4 Å². The Balaban J connectivity index is 1.24. The summed E-state index contributed by atoms with van der Waals surface area (Å²) in [6.07, 6.45) is 5.32. The third-order valence-electron chi connectivity index (χ3n) is 5.63. The fourth-order valence-corrected chi connectivity index (χ4v) is 3.91. The molecule has 0 aliphatic carbocycles. The summed E-state index contributed by atoms with van der Waals surface area (Å²) in [6, 6.07) is 19.2. The molecule has 28 heavy (non-hydrogen) atoms. The smallest absolute Gasteiger partial charge is 0.151 e. The van der Waals surface area contributed by atoms with Crippen molar-refractivity contribution in [2.24, 2.45) is 0 Å². The zero-order valence-corrected chi connectivity index (χ0v) is 16.5. The highest BCUT2D eigenvalue weighted by Gasteiger charge is 2.23. The van der Waals surface area contributed by atoms with Crippen LogP contribution in [0.3, 0.4) is 0 Å². The number of hydrogen-bond donors (Lipinski definition) is 0. The van der Waals surface area contributed by atoms with E-state index < -0.39 is 0 Å². The SMILES string of the molecule is CN(Cc1cc(-c2ccccn2)no1)C1CCN(CCc2ccccc2)CC1. The van der Waals surface area contributed by atoms with Gasteiger partial charge in [0.05, 0.1) is 12.2 Å². The first kappa shape index (κ1) is 18.8. The van der Waals surface area contributed by atoms with Crippen molar-refractivity contribution in [1.29, 1.82) is 0 Å². The molecular weight excluding hydrogens is 348 g/mol. The molecule has 5 nitrogen and oxygen atoms in total. The summed E-state index contributed by atoms with van der Waals surface area (Å²) in [5.74, 6) is 0.898. The van der Waals surface area contributed by atoms with E-state index in [0.717, 1.165) is 49.7 Å². The van der Waals surface area contributed by atoms with Crippen LogP contribution in [0.15, 0.2) is 65.3 Å². The number of rotatable bonds is 7. The van der Waals surface area contributed by atoms with Gasteiger partial charge in [0.1, 0.15) is 5.69 Å². The molecule has 1 aliphatic rings. The molecule has 1 aliphatic heterocycles.